The van der Waals surface area contributed by atoms with Crippen LogP contribution in [0.15, 0.2) is 30.3 Å². The van der Waals surface area contributed by atoms with E-state index in [0.29, 0.717) is 0 Å². The van der Waals surface area contributed by atoms with Crippen molar-refractivity contribution in [3.63, 3.8) is 0 Å². The van der Waals surface area contributed by atoms with Gasteiger partial charge in [0.1, 0.15) is 5.16 Å². The van der Waals surface area contributed by atoms with Gasteiger partial charge in [-0.1, -0.05) is 57.0 Å². The first-order valence-corrected chi connectivity index (χ1v) is 8.05. The number of hydrogen-bond acceptors (Lipinski definition) is 2. The lowest BCUT2D eigenvalue weighted by atomic mass is 9.80. The Morgan fingerprint density at radius 1 is 1.06 bits per heavy atom. The van der Waals surface area contributed by atoms with E-state index in [2.05, 4.69) is 13.8 Å². The Morgan fingerprint density at radius 2 is 1.56 bits per heavy atom. The Labute approximate surface area is 110 Å². The Morgan fingerprint density at radius 3 is 1.94 bits per heavy atom. The molecule has 2 rings (SSSR count). The fraction of sp³-hybridized carbons (Fsp3) is 0.600. The molecule has 3 heteroatoms. The zero-order chi connectivity index (χ0) is 13.2. The summed E-state index contributed by atoms with van der Waals surface area (Å²) >= 11 is 0. The van der Waals surface area contributed by atoms with Crippen molar-refractivity contribution < 1.29 is 9.13 Å². The van der Waals surface area contributed by atoms with Crippen molar-refractivity contribution in [2.24, 2.45) is 11.8 Å². The molecule has 0 saturated heterocycles. The quantitative estimate of drug-likeness (QED) is 0.725. The van der Waals surface area contributed by atoms with Crippen LogP contribution < -0.4 is 0 Å². The summed E-state index contributed by atoms with van der Waals surface area (Å²) in [6.07, 6.45) is 3.95. The highest BCUT2D eigenvalue weighted by Crippen LogP contribution is 2.60. The van der Waals surface area contributed by atoms with E-state index in [0.717, 1.165) is 31.2 Å². The van der Waals surface area contributed by atoms with Gasteiger partial charge in [0.2, 0.25) is 0 Å². The van der Waals surface area contributed by atoms with Crippen LogP contribution in [0.1, 0.15) is 45.1 Å². The molecular formula is C15H21O2P. The number of hydrogen-bond donors (Lipinski definition) is 0. The molecule has 1 aromatic rings. The molecule has 0 aromatic heterocycles. The van der Waals surface area contributed by atoms with Crippen LogP contribution in [0, 0.1) is 11.8 Å². The summed E-state index contributed by atoms with van der Waals surface area (Å²) < 4.78 is 24.2. The molecule has 2 nitrogen and oxygen atoms in total. The zero-order valence-corrected chi connectivity index (χ0v) is 12.0. The molecule has 1 aliphatic carbocycles. The zero-order valence-electron chi connectivity index (χ0n) is 11.1. The lowest BCUT2D eigenvalue weighted by Crippen LogP contribution is -2.31. The van der Waals surface area contributed by atoms with Crippen LogP contribution in [0.4, 0.5) is 0 Å². The summed E-state index contributed by atoms with van der Waals surface area (Å²) in [5, 5.41) is -0.625. The first-order chi connectivity index (χ1) is 8.67. The summed E-state index contributed by atoms with van der Waals surface area (Å²) in [5.41, 5.74) is 0.998. The molecule has 0 N–H and O–H groups in total. The first kappa shape index (κ1) is 13.5. The predicted molar refractivity (Wildman–Crippen MR) is 73.2 cm³/mol. The predicted octanol–water partition coefficient (Wildman–Crippen LogP) is 4.90. The van der Waals surface area contributed by atoms with Gasteiger partial charge in [-0.2, -0.15) is 0 Å². The maximum absolute atomic E-state index is 12.1. The first-order valence-electron chi connectivity index (χ1n) is 6.87. The van der Waals surface area contributed by atoms with Crippen molar-refractivity contribution in [2.75, 3.05) is 0 Å². The molecule has 0 heterocycles. The van der Waals surface area contributed by atoms with Gasteiger partial charge in [-0.05, 0) is 30.2 Å². The molecule has 0 radical (unpaired) electrons. The van der Waals surface area contributed by atoms with Crippen LogP contribution in [0.25, 0.3) is 0 Å². The Bertz CT molecular complexity index is 445. The van der Waals surface area contributed by atoms with Gasteiger partial charge in [-0.15, -0.1) is 0 Å². The van der Waals surface area contributed by atoms with E-state index in [1.807, 2.05) is 30.3 Å². The van der Waals surface area contributed by atoms with Gasteiger partial charge in [0.15, 0.2) is 0 Å². The van der Waals surface area contributed by atoms with E-state index in [1.165, 1.54) is 0 Å². The standard InChI is InChI=1S/C15H21O2P/c1-3-12-10-11-13(4-2)15(12,18(16)17)14-8-6-5-7-9-14/h5-9,12-13H,3-4,10-11H2,1-2H3/t12-,13-/m0/s1. The molecule has 1 saturated carbocycles. The normalized spacial score (nSPS) is 26.1. The van der Waals surface area contributed by atoms with E-state index in [4.69, 9.17) is 0 Å². The molecule has 1 fully saturated rings. The van der Waals surface area contributed by atoms with Crippen LogP contribution in [-0.4, -0.2) is 0 Å². The van der Waals surface area contributed by atoms with Gasteiger partial charge in [0, 0.05) is 0 Å². The fourth-order valence-corrected chi connectivity index (χ4v) is 5.37. The van der Waals surface area contributed by atoms with Gasteiger partial charge in [-0.3, -0.25) is 0 Å². The van der Waals surface area contributed by atoms with Crippen molar-refractivity contribution in [1.29, 1.82) is 0 Å². The van der Waals surface area contributed by atoms with Crippen molar-refractivity contribution >= 4 is 7.68 Å². The minimum Gasteiger partial charge on any atom is -0.236 e. The maximum Gasteiger partial charge on any atom is 0.327 e. The highest BCUT2D eigenvalue weighted by molar-refractivity contribution is 7.32. The van der Waals surface area contributed by atoms with Crippen LogP contribution in [0.5, 0.6) is 0 Å². The summed E-state index contributed by atoms with van der Waals surface area (Å²) in [7, 11) is -2.45. The van der Waals surface area contributed by atoms with Crippen molar-refractivity contribution in [2.45, 2.75) is 44.7 Å². The summed E-state index contributed by atoms with van der Waals surface area (Å²) in [6.45, 7) is 4.22. The van der Waals surface area contributed by atoms with Gasteiger partial charge in [0.05, 0.1) is 0 Å². The van der Waals surface area contributed by atoms with Gasteiger partial charge in [-0.25, -0.2) is 9.13 Å². The Balaban J connectivity index is 2.61. The number of rotatable bonds is 4. The van der Waals surface area contributed by atoms with E-state index in [1.54, 1.807) is 0 Å². The lowest BCUT2D eigenvalue weighted by Gasteiger charge is -2.33. The van der Waals surface area contributed by atoms with E-state index in [9.17, 15) is 9.13 Å². The molecule has 0 amide bonds. The third-order valence-electron chi connectivity index (χ3n) is 4.63. The molecule has 2 atom stereocenters. The third kappa shape index (κ3) is 1.87. The highest BCUT2D eigenvalue weighted by Gasteiger charge is 2.54. The lowest BCUT2D eigenvalue weighted by molar-refractivity contribution is 0.318. The maximum atomic E-state index is 12.1. The average Bonchev–Trinajstić information content (AvgIpc) is 2.78. The topological polar surface area (TPSA) is 34.1 Å². The molecule has 98 valence electrons. The molecule has 18 heavy (non-hydrogen) atoms. The molecular weight excluding hydrogens is 243 g/mol. The second-order valence-corrected chi connectivity index (χ2v) is 6.49. The second kappa shape index (κ2) is 5.40. The molecule has 1 aliphatic rings. The summed E-state index contributed by atoms with van der Waals surface area (Å²) in [6, 6.07) is 9.83. The minimum atomic E-state index is -2.45. The summed E-state index contributed by atoms with van der Waals surface area (Å²) in [5.74, 6) is 0.539. The van der Waals surface area contributed by atoms with Crippen molar-refractivity contribution in [3.8, 4) is 0 Å². The summed E-state index contributed by atoms with van der Waals surface area (Å²) in [4.78, 5) is 0. The smallest absolute Gasteiger partial charge is 0.236 e. The largest absolute Gasteiger partial charge is 0.327 e. The minimum absolute atomic E-state index is 0.269. The highest BCUT2D eigenvalue weighted by atomic mass is 31.1. The van der Waals surface area contributed by atoms with Crippen LogP contribution in [0.3, 0.4) is 0 Å². The Hall–Kier alpha value is -0.880. The van der Waals surface area contributed by atoms with E-state index >= 15 is 0 Å². The van der Waals surface area contributed by atoms with E-state index in [-0.39, 0.29) is 11.8 Å². The average molecular weight is 264 g/mol. The second-order valence-electron chi connectivity index (χ2n) is 5.24. The van der Waals surface area contributed by atoms with Crippen LogP contribution in [-0.2, 0) is 14.3 Å². The van der Waals surface area contributed by atoms with Crippen molar-refractivity contribution in [1.82, 2.24) is 0 Å². The Kier molecular flexibility index (Phi) is 4.07. The van der Waals surface area contributed by atoms with Gasteiger partial charge < -0.3 is 0 Å². The SMILES string of the molecule is CC[C@H]1CC[C@H](CC)C1(c1ccccc1)P(=O)=O. The monoisotopic (exact) mass is 264 g/mol. The molecule has 0 spiro atoms. The molecule has 1 aromatic carbocycles. The number of benzene rings is 1. The van der Waals surface area contributed by atoms with E-state index < -0.39 is 12.8 Å². The van der Waals surface area contributed by atoms with Gasteiger partial charge in [0.25, 0.3) is 0 Å². The van der Waals surface area contributed by atoms with Crippen LogP contribution in [0.2, 0.25) is 0 Å². The fourth-order valence-electron chi connectivity index (χ4n) is 3.79. The van der Waals surface area contributed by atoms with Crippen LogP contribution >= 0.6 is 7.68 Å². The molecule has 0 bridgehead atoms. The molecule has 0 aliphatic heterocycles. The molecule has 0 unspecified atom stereocenters. The van der Waals surface area contributed by atoms with Crippen molar-refractivity contribution in [3.05, 3.63) is 35.9 Å². The van der Waals surface area contributed by atoms with Gasteiger partial charge >= 0.3 is 7.68 Å². The third-order valence-corrected chi connectivity index (χ3v) is 6.23.